The van der Waals surface area contributed by atoms with Gasteiger partial charge in [-0.15, -0.1) is 0 Å². The molecule has 1 aromatic carbocycles. The van der Waals surface area contributed by atoms with E-state index in [0.29, 0.717) is 40.7 Å². The van der Waals surface area contributed by atoms with E-state index in [1.165, 1.54) is 6.42 Å². The fraction of sp³-hybridized carbons (Fsp3) is 0.562. The van der Waals surface area contributed by atoms with E-state index in [4.69, 9.17) is 0 Å². The first-order valence-electron chi connectivity index (χ1n) is 7.49. The van der Waals surface area contributed by atoms with E-state index in [9.17, 15) is 13.6 Å². The van der Waals surface area contributed by atoms with Gasteiger partial charge in [-0.25, -0.2) is 0 Å². The summed E-state index contributed by atoms with van der Waals surface area (Å²) in [4.78, 5) is 14.7. The van der Waals surface area contributed by atoms with Crippen LogP contribution in [0.15, 0.2) is 29.2 Å². The molecule has 0 bridgehead atoms. The van der Waals surface area contributed by atoms with E-state index in [1.54, 1.807) is 24.3 Å². The second kappa shape index (κ2) is 7.92. The monoisotopic (exact) mass is 328 g/mol. The number of hydrogen-bond acceptors (Lipinski definition) is 3. The number of rotatable bonds is 5. The maximum absolute atomic E-state index is 12.2. The highest BCUT2D eigenvalue weighted by atomic mass is 32.2. The largest absolute Gasteiger partial charge is 0.325 e. The number of alkyl halides is 2. The van der Waals surface area contributed by atoms with Gasteiger partial charge in [0.05, 0.1) is 6.54 Å². The van der Waals surface area contributed by atoms with Crippen molar-refractivity contribution in [1.82, 2.24) is 4.90 Å². The minimum Gasteiger partial charge on any atom is -0.325 e. The molecule has 3 nitrogen and oxygen atoms in total. The number of piperidine rings is 1. The maximum atomic E-state index is 12.2. The molecule has 0 aromatic heterocycles. The normalized spacial score (nSPS) is 22.8. The molecule has 1 amide bonds. The molecule has 2 atom stereocenters. The summed E-state index contributed by atoms with van der Waals surface area (Å²) < 4.78 is 24.5. The van der Waals surface area contributed by atoms with Gasteiger partial charge in [-0.05, 0) is 42.5 Å². The van der Waals surface area contributed by atoms with Gasteiger partial charge in [0, 0.05) is 23.7 Å². The molecule has 1 aliphatic heterocycles. The molecule has 0 aliphatic carbocycles. The van der Waals surface area contributed by atoms with Crippen LogP contribution in [-0.4, -0.2) is 36.2 Å². The summed E-state index contributed by atoms with van der Waals surface area (Å²) in [6.45, 7) is 6.69. The predicted octanol–water partition coefficient (Wildman–Crippen LogP) is 3.92. The molecular formula is C16H22F2N2OS. The zero-order valence-electron chi connectivity index (χ0n) is 12.9. The summed E-state index contributed by atoms with van der Waals surface area (Å²) in [5.41, 5.74) is 0.640. The maximum Gasteiger partial charge on any atom is 0.288 e. The van der Waals surface area contributed by atoms with Gasteiger partial charge in [0.1, 0.15) is 0 Å². The summed E-state index contributed by atoms with van der Waals surface area (Å²) >= 11 is 0.501. The van der Waals surface area contributed by atoms with E-state index in [2.05, 4.69) is 24.1 Å². The Kier molecular flexibility index (Phi) is 6.20. The van der Waals surface area contributed by atoms with Crippen molar-refractivity contribution in [3.63, 3.8) is 0 Å². The summed E-state index contributed by atoms with van der Waals surface area (Å²) in [5, 5.41) is 2.82. The van der Waals surface area contributed by atoms with E-state index in [0.717, 1.165) is 13.1 Å². The van der Waals surface area contributed by atoms with Gasteiger partial charge in [-0.1, -0.05) is 25.6 Å². The fourth-order valence-corrected chi connectivity index (χ4v) is 3.54. The van der Waals surface area contributed by atoms with Crippen LogP contribution >= 0.6 is 11.8 Å². The number of nitrogens with zero attached hydrogens (tertiary/aromatic N) is 1. The summed E-state index contributed by atoms with van der Waals surface area (Å²) in [6, 6.07) is 6.50. The lowest BCUT2D eigenvalue weighted by molar-refractivity contribution is -0.117. The van der Waals surface area contributed by atoms with Crippen molar-refractivity contribution in [3.05, 3.63) is 24.3 Å². The molecule has 1 aliphatic rings. The van der Waals surface area contributed by atoms with E-state index in [-0.39, 0.29) is 5.91 Å². The first kappa shape index (κ1) is 17.2. The second-order valence-corrected chi connectivity index (χ2v) is 7.15. The Morgan fingerprint density at radius 3 is 2.41 bits per heavy atom. The molecule has 1 heterocycles. The van der Waals surface area contributed by atoms with Crippen molar-refractivity contribution in [3.8, 4) is 0 Å². The Balaban J connectivity index is 1.84. The second-order valence-electron chi connectivity index (χ2n) is 6.09. The van der Waals surface area contributed by atoms with Gasteiger partial charge in [0.15, 0.2) is 0 Å². The molecule has 0 spiro atoms. The van der Waals surface area contributed by atoms with Crippen LogP contribution in [0.25, 0.3) is 0 Å². The lowest BCUT2D eigenvalue weighted by Gasteiger charge is -2.34. The van der Waals surface area contributed by atoms with Crippen LogP contribution in [0.3, 0.4) is 0 Å². The fourth-order valence-electron chi connectivity index (χ4n) is 3.04. The Morgan fingerprint density at radius 2 is 1.86 bits per heavy atom. The summed E-state index contributed by atoms with van der Waals surface area (Å²) in [5.74, 6) is -1.26. The molecule has 1 N–H and O–H groups in total. The summed E-state index contributed by atoms with van der Waals surface area (Å²) in [7, 11) is 0. The highest BCUT2D eigenvalue weighted by molar-refractivity contribution is 7.99. The first-order valence-corrected chi connectivity index (χ1v) is 8.37. The van der Waals surface area contributed by atoms with Crippen molar-refractivity contribution < 1.29 is 13.6 Å². The number of anilines is 1. The Bertz CT molecular complexity index is 485. The average molecular weight is 328 g/mol. The number of carbonyl (C=O) groups excluding carboxylic acids is 1. The Labute approximate surface area is 134 Å². The van der Waals surface area contributed by atoms with Crippen LogP contribution in [0, 0.1) is 11.8 Å². The van der Waals surface area contributed by atoms with Gasteiger partial charge in [-0.3, -0.25) is 9.69 Å². The molecule has 1 aromatic rings. The molecular weight excluding hydrogens is 306 g/mol. The molecule has 6 heteroatoms. The van der Waals surface area contributed by atoms with Crippen LogP contribution in [0.2, 0.25) is 0 Å². The Morgan fingerprint density at radius 1 is 1.27 bits per heavy atom. The smallest absolute Gasteiger partial charge is 0.288 e. The molecule has 1 fully saturated rings. The zero-order valence-corrected chi connectivity index (χ0v) is 13.7. The molecule has 1 saturated heterocycles. The number of amides is 1. The quantitative estimate of drug-likeness (QED) is 0.832. The van der Waals surface area contributed by atoms with Gasteiger partial charge in [0.2, 0.25) is 5.91 Å². The third kappa shape index (κ3) is 5.57. The number of carbonyl (C=O) groups is 1. The number of likely N-dealkylation sites (tertiary alicyclic amines) is 1. The topological polar surface area (TPSA) is 32.3 Å². The van der Waals surface area contributed by atoms with Gasteiger partial charge in [0.25, 0.3) is 5.76 Å². The zero-order chi connectivity index (χ0) is 16.1. The van der Waals surface area contributed by atoms with Crippen LogP contribution in [0.5, 0.6) is 0 Å². The number of benzene rings is 1. The molecule has 0 radical (unpaired) electrons. The van der Waals surface area contributed by atoms with E-state index < -0.39 is 5.76 Å². The minimum atomic E-state index is -2.43. The third-order valence-corrected chi connectivity index (χ3v) is 4.40. The third-order valence-electron chi connectivity index (χ3n) is 3.67. The Hall–Kier alpha value is -1.14. The molecule has 2 unspecified atom stereocenters. The molecule has 2 rings (SSSR count). The first-order chi connectivity index (χ1) is 10.4. The minimum absolute atomic E-state index is 0.0597. The van der Waals surface area contributed by atoms with Crippen LogP contribution in [-0.2, 0) is 4.79 Å². The van der Waals surface area contributed by atoms with Crippen LogP contribution in [0.1, 0.15) is 20.3 Å². The van der Waals surface area contributed by atoms with Gasteiger partial charge in [-0.2, -0.15) is 8.78 Å². The molecule has 22 heavy (non-hydrogen) atoms. The van der Waals surface area contributed by atoms with Crippen molar-refractivity contribution in [1.29, 1.82) is 0 Å². The molecule has 0 saturated carbocycles. The highest BCUT2D eigenvalue weighted by Crippen LogP contribution is 2.26. The van der Waals surface area contributed by atoms with Crippen molar-refractivity contribution >= 4 is 23.4 Å². The predicted molar refractivity (Wildman–Crippen MR) is 86.3 cm³/mol. The van der Waals surface area contributed by atoms with Gasteiger partial charge < -0.3 is 5.32 Å². The van der Waals surface area contributed by atoms with E-state index in [1.807, 2.05) is 0 Å². The standard InChI is InChI=1S/C16H22F2N2OS/c1-11-7-12(2)9-20(8-11)10-15(21)19-13-3-5-14(6-4-13)22-16(17)18/h3-6,11-12,16H,7-10H2,1-2H3,(H,19,21). The van der Waals surface area contributed by atoms with Crippen molar-refractivity contribution in [2.75, 3.05) is 25.0 Å². The number of thioether (sulfide) groups is 1. The van der Waals surface area contributed by atoms with Crippen molar-refractivity contribution in [2.24, 2.45) is 11.8 Å². The number of hydrogen-bond donors (Lipinski definition) is 1. The lowest BCUT2D eigenvalue weighted by Crippen LogP contribution is -2.42. The highest BCUT2D eigenvalue weighted by Gasteiger charge is 2.23. The van der Waals surface area contributed by atoms with Crippen LogP contribution < -0.4 is 5.32 Å². The number of halogens is 2. The SMILES string of the molecule is CC1CC(C)CN(CC(=O)Nc2ccc(SC(F)F)cc2)C1. The lowest BCUT2D eigenvalue weighted by atomic mass is 9.92. The summed E-state index contributed by atoms with van der Waals surface area (Å²) in [6.07, 6.45) is 1.21. The number of nitrogens with one attached hydrogen (secondary N) is 1. The van der Waals surface area contributed by atoms with Crippen molar-refractivity contribution in [2.45, 2.75) is 30.9 Å². The average Bonchev–Trinajstić information content (AvgIpc) is 2.39. The van der Waals surface area contributed by atoms with Gasteiger partial charge >= 0.3 is 0 Å². The van der Waals surface area contributed by atoms with Crippen LogP contribution in [0.4, 0.5) is 14.5 Å². The molecule has 122 valence electrons. The van der Waals surface area contributed by atoms with E-state index >= 15 is 0 Å².